The molecule has 17 heavy (non-hydrogen) atoms. The van der Waals surface area contributed by atoms with Crippen LogP contribution in [-0.4, -0.2) is 16.9 Å². The molecule has 88 valence electrons. The van der Waals surface area contributed by atoms with E-state index in [0.717, 1.165) is 18.2 Å². The van der Waals surface area contributed by atoms with Crippen molar-refractivity contribution in [2.45, 2.75) is 13.0 Å². The number of amides is 1. The zero-order valence-electron chi connectivity index (χ0n) is 8.94. The maximum Gasteiger partial charge on any atom is 0.273 e. The van der Waals surface area contributed by atoms with Crippen LogP contribution in [0, 0.1) is 28.3 Å². The molecule has 1 aromatic carbocycles. The third-order valence-corrected chi connectivity index (χ3v) is 1.95. The van der Waals surface area contributed by atoms with Crippen LogP contribution in [0.1, 0.15) is 17.3 Å². The van der Waals surface area contributed by atoms with E-state index in [1.54, 1.807) is 6.92 Å². The van der Waals surface area contributed by atoms with Gasteiger partial charge in [-0.1, -0.05) is 5.92 Å². The average molecular weight is 236 g/mol. The minimum absolute atomic E-state index is 0.140. The number of nitrogens with one attached hydrogen (secondary N) is 1. The fraction of sp³-hybridized carbons (Fsp3) is 0.182. The van der Waals surface area contributed by atoms with Crippen LogP contribution in [0.15, 0.2) is 18.2 Å². The number of nitrogens with zero attached hydrogens (tertiary/aromatic N) is 1. The summed E-state index contributed by atoms with van der Waals surface area (Å²) in [5.41, 5.74) is -0.623. The summed E-state index contributed by atoms with van der Waals surface area (Å²) in [4.78, 5) is 21.3. The summed E-state index contributed by atoms with van der Waals surface area (Å²) in [6.45, 7) is 1.56. The van der Waals surface area contributed by atoms with Crippen LogP contribution in [0.4, 0.5) is 10.1 Å². The van der Waals surface area contributed by atoms with Crippen LogP contribution in [0.3, 0.4) is 0 Å². The van der Waals surface area contributed by atoms with Crippen molar-refractivity contribution in [3.8, 4) is 12.3 Å². The van der Waals surface area contributed by atoms with Crippen molar-refractivity contribution in [1.29, 1.82) is 0 Å². The molecular weight excluding hydrogens is 227 g/mol. The van der Waals surface area contributed by atoms with Gasteiger partial charge in [-0.05, 0) is 13.0 Å². The number of hydrogen-bond acceptors (Lipinski definition) is 3. The molecule has 1 aromatic rings. The van der Waals surface area contributed by atoms with Gasteiger partial charge in [0.2, 0.25) is 0 Å². The van der Waals surface area contributed by atoms with Gasteiger partial charge < -0.3 is 5.32 Å². The molecule has 0 heterocycles. The number of carbonyl (C=O) groups excluding carboxylic acids is 1. The quantitative estimate of drug-likeness (QED) is 0.491. The van der Waals surface area contributed by atoms with Gasteiger partial charge in [0.1, 0.15) is 5.82 Å². The van der Waals surface area contributed by atoms with Crippen molar-refractivity contribution in [2.75, 3.05) is 0 Å². The number of hydrogen-bond donors (Lipinski definition) is 1. The molecule has 1 N–H and O–H groups in total. The number of benzene rings is 1. The van der Waals surface area contributed by atoms with Gasteiger partial charge in [-0.2, -0.15) is 0 Å². The summed E-state index contributed by atoms with van der Waals surface area (Å²) in [6.07, 6.45) is 5.06. The van der Waals surface area contributed by atoms with Gasteiger partial charge in [-0.25, -0.2) is 4.39 Å². The second-order valence-electron chi connectivity index (χ2n) is 3.32. The first-order valence-electron chi connectivity index (χ1n) is 4.66. The fourth-order valence-electron chi connectivity index (χ4n) is 1.13. The lowest BCUT2D eigenvalue weighted by atomic mass is 10.1. The zero-order valence-corrected chi connectivity index (χ0v) is 8.94. The van der Waals surface area contributed by atoms with Gasteiger partial charge in [0, 0.05) is 11.6 Å². The predicted molar refractivity (Wildman–Crippen MR) is 58.8 cm³/mol. The Morgan fingerprint density at radius 3 is 2.76 bits per heavy atom. The second-order valence-corrected chi connectivity index (χ2v) is 3.32. The summed E-state index contributed by atoms with van der Waals surface area (Å²) < 4.78 is 13.0. The third kappa shape index (κ3) is 3.28. The smallest absolute Gasteiger partial charge is 0.273 e. The van der Waals surface area contributed by atoms with Crippen LogP contribution < -0.4 is 5.32 Å². The van der Waals surface area contributed by atoms with Crippen molar-refractivity contribution < 1.29 is 14.1 Å². The summed E-state index contributed by atoms with van der Waals surface area (Å²) in [5.74, 6) is 0.754. The van der Waals surface area contributed by atoms with Gasteiger partial charge in [0.05, 0.1) is 17.0 Å². The van der Waals surface area contributed by atoms with Crippen LogP contribution in [0.25, 0.3) is 0 Å². The Labute approximate surface area is 96.8 Å². The largest absolute Gasteiger partial charge is 0.339 e. The van der Waals surface area contributed by atoms with Crippen LogP contribution in [0.5, 0.6) is 0 Å². The lowest BCUT2D eigenvalue weighted by Crippen LogP contribution is -2.31. The normalized spacial score (nSPS) is 11.4. The fourth-order valence-corrected chi connectivity index (χ4v) is 1.13. The first kappa shape index (κ1) is 12.6. The van der Waals surface area contributed by atoms with E-state index in [2.05, 4.69) is 11.2 Å². The average Bonchev–Trinajstić information content (AvgIpc) is 2.27. The molecule has 1 rings (SSSR count). The minimum atomic E-state index is -0.849. The zero-order chi connectivity index (χ0) is 13.0. The Morgan fingerprint density at radius 1 is 1.59 bits per heavy atom. The van der Waals surface area contributed by atoms with Gasteiger partial charge >= 0.3 is 0 Å². The molecule has 1 atom stereocenters. The highest BCUT2D eigenvalue weighted by atomic mass is 19.1. The Morgan fingerprint density at radius 2 is 2.24 bits per heavy atom. The summed E-state index contributed by atoms with van der Waals surface area (Å²) in [6, 6.07) is 2.10. The van der Waals surface area contributed by atoms with Crippen molar-refractivity contribution in [3.63, 3.8) is 0 Å². The van der Waals surface area contributed by atoms with Gasteiger partial charge in [-0.15, -0.1) is 6.42 Å². The van der Waals surface area contributed by atoms with Crippen LogP contribution in [-0.2, 0) is 0 Å². The molecule has 5 nitrogen and oxygen atoms in total. The highest BCUT2D eigenvalue weighted by Crippen LogP contribution is 2.16. The highest BCUT2D eigenvalue weighted by Gasteiger charge is 2.15. The lowest BCUT2D eigenvalue weighted by Gasteiger charge is -2.07. The molecule has 0 bridgehead atoms. The Kier molecular flexibility index (Phi) is 3.78. The first-order valence-corrected chi connectivity index (χ1v) is 4.66. The molecule has 6 heteroatoms. The molecule has 1 amide bonds. The standard InChI is InChI=1S/C11H9FN2O3/c1-3-7(2)13-11(15)8-4-9(12)6-10(5-8)14(16)17/h1,4-7H,2H3,(H,13,15). The number of nitro groups is 1. The Bertz CT molecular complexity index is 508. The molecule has 0 aliphatic rings. The number of halogens is 1. The van der Waals surface area contributed by atoms with E-state index in [4.69, 9.17) is 6.42 Å². The molecule has 0 saturated carbocycles. The van der Waals surface area contributed by atoms with Crippen molar-refractivity contribution in [2.24, 2.45) is 0 Å². The number of non-ortho nitro benzene ring substituents is 1. The molecule has 0 saturated heterocycles. The summed E-state index contributed by atoms with van der Waals surface area (Å²) in [7, 11) is 0. The first-order chi connectivity index (χ1) is 7.93. The molecule has 0 fully saturated rings. The van der Waals surface area contributed by atoms with Gasteiger partial charge in [-0.3, -0.25) is 14.9 Å². The lowest BCUT2D eigenvalue weighted by molar-refractivity contribution is -0.385. The molecule has 0 radical (unpaired) electrons. The molecule has 0 spiro atoms. The van der Waals surface area contributed by atoms with E-state index in [9.17, 15) is 19.3 Å². The maximum atomic E-state index is 13.0. The summed E-state index contributed by atoms with van der Waals surface area (Å²) >= 11 is 0. The number of carbonyl (C=O) groups is 1. The number of terminal acetylenes is 1. The van der Waals surface area contributed by atoms with E-state index in [0.29, 0.717) is 0 Å². The van der Waals surface area contributed by atoms with Crippen LogP contribution >= 0.6 is 0 Å². The van der Waals surface area contributed by atoms with E-state index in [1.807, 2.05) is 0 Å². The molecule has 1 unspecified atom stereocenters. The third-order valence-electron chi connectivity index (χ3n) is 1.95. The van der Waals surface area contributed by atoms with E-state index in [-0.39, 0.29) is 5.56 Å². The minimum Gasteiger partial charge on any atom is -0.339 e. The van der Waals surface area contributed by atoms with E-state index < -0.39 is 28.4 Å². The second kappa shape index (κ2) is 5.07. The van der Waals surface area contributed by atoms with Gasteiger partial charge in [0.15, 0.2) is 0 Å². The maximum absolute atomic E-state index is 13.0. The molecular formula is C11H9FN2O3. The predicted octanol–water partition coefficient (Wildman–Crippen LogP) is 1.49. The Balaban J connectivity index is 3.02. The number of rotatable bonds is 3. The van der Waals surface area contributed by atoms with E-state index in [1.165, 1.54) is 0 Å². The van der Waals surface area contributed by atoms with Crippen molar-refractivity contribution in [1.82, 2.24) is 5.32 Å². The summed E-state index contributed by atoms with van der Waals surface area (Å²) in [5, 5.41) is 12.9. The molecule has 0 aliphatic carbocycles. The topological polar surface area (TPSA) is 72.2 Å². The monoisotopic (exact) mass is 236 g/mol. The number of nitro benzene ring substituents is 1. The van der Waals surface area contributed by atoms with E-state index >= 15 is 0 Å². The van der Waals surface area contributed by atoms with Gasteiger partial charge in [0.25, 0.3) is 11.6 Å². The highest BCUT2D eigenvalue weighted by molar-refractivity contribution is 5.95. The SMILES string of the molecule is C#CC(C)NC(=O)c1cc(F)cc([N+](=O)[O-])c1. The van der Waals surface area contributed by atoms with Crippen molar-refractivity contribution >= 4 is 11.6 Å². The molecule has 0 aliphatic heterocycles. The molecule has 0 aromatic heterocycles. The van der Waals surface area contributed by atoms with Crippen LogP contribution in [0.2, 0.25) is 0 Å². The van der Waals surface area contributed by atoms with Crippen molar-refractivity contribution in [3.05, 3.63) is 39.7 Å². The Hall–Kier alpha value is -2.42.